The smallest absolute Gasteiger partial charge is 0.0341 e. The lowest BCUT2D eigenvalue weighted by Crippen LogP contribution is -2.26. The number of nitrogens with two attached hydrogens (primary N) is 1. The Balaban J connectivity index is 1.57. The molecule has 19 heavy (non-hydrogen) atoms. The fourth-order valence-corrected chi connectivity index (χ4v) is 3.50. The van der Waals surface area contributed by atoms with Gasteiger partial charge in [0.2, 0.25) is 0 Å². The zero-order chi connectivity index (χ0) is 13.5. The topological polar surface area (TPSA) is 38.0 Å². The molecule has 2 unspecified atom stereocenters. The van der Waals surface area contributed by atoms with Crippen molar-refractivity contribution in [1.82, 2.24) is 5.32 Å². The van der Waals surface area contributed by atoms with Crippen LogP contribution in [0.4, 0.5) is 0 Å². The molecule has 0 aromatic heterocycles. The Morgan fingerprint density at radius 1 is 1.21 bits per heavy atom. The second-order valence-corrected chi connectivity index (χ2v) is 6.99. The van der Waals surface area contributed by atoms with E-state index in [4.69, 9.17) is 5.73 Å². The molecule has 3 rings (SSSR count). The minimum atomic E-state index is 0.213. The lowest BCUT2D eigenvalue weighted by atomic mass is 9.84. The monoisotopic (exact) mass is 258 g/mol. The molecule has 2 atom stereocenters. The Morgan fingerprint density at radius 2 is 1.89 bits per heavy atom. The zero-order valence-electron chi connectivity index (χ0n) is 12.2. The van der Waals surface area contributed by atoms with Gasteiger partial charge >= 0.3 is 0 Å². The normalized spacial score (nSPS) is 26.5. The van der Waals surface area contributed by atoms with Gasteiger partial charge in [0.25, 0.3) is 0 Å². The summed E-state index contributed by atoms with van der Waals surface area (Å²) in [5.41, 5.74) is 9.47. The fourth-order valence-electron chi connectivity index (χ4n) is 3.50. The van der Waals surface area contributed by atoms with Gasteiger partial charge in [-0.3, -0.25) is 0 Å². The summed E-state index contributed by atoms with van der Waals surface area (Å²) in [4.78, 5) is 0. The van der Waals surface area contributed by atoms with E-state index in [1.165, 1.54) is 30.4 Å². The first-order valence-corrected chi connectivity index (χ1v) is 7.66. The second kappa shape index (κ2) is 4.92. The molecular weight excluding hydrogens is 232 g/mol. The molecule has 1 saturated carbocycles. The first kappa shape index (κ1) is 13.1. The van der Waals surface area contributed by atoms with Crippen molar-refractivity contribution in [3.8, 4) is 0 Å². The third-order valence-electron chi connectivity index (χ3n) is 5.10. The number of hydrogen-bond acceptors (Lipinski definition) is 2. The van der Waals surface area contributed by atoms with Crippen LogP contribution in [0.2, 0.25) is 0 Å². The van der Waals surface area contributed by atoms with Crippen LogP contribution >= 0.6 is 0 Å². The molecule has 2 nitrogen and oxygen atoms in total. The molecule has 104 valence electrons. The van der Waals surface area contributed by atoms with Crippen molar-refractivity contribution in [3.05, 3.63) is 35.4 Å². The highest BCUT2D eigenvalue weighted by atomic mass is 14.9. The van der Waals surface area contributed by atoms with E-state index in [-0.39, 0.29) is 6.04 Å². The molecule has 0 radical (unpaired) electrons. The van der Waals surface area contributed by atoms with Crippen LogP contribution in [-0.4, -0.2) is 6.54 Å². The molecule has 0 aliphatic heterocycles. The quantitative estimate of drug-likeness (QED) is 0.847. The van der Waals surface area contributed by atoms with Crippen molar-refractivity contribution in [2.45, 2.75) is 51.6 Å². The maximum absolute atomic E-state index is 6.21. The molecule has 0 spiro atoms. The maximum atomic E-state index is 6.21. The van der Waals surface area contributed by atoms with E-state index >= 15 is 0 Å². The first-order chi connectivity index (χ1) is 9.08. The van der Waals surface area contributed by atoms with Gasteiger partial charge in [0, 0.05) is 12.1 Å². The molecule has 1 aromatic carbocycles. The second-order valence-electron chi connectivity index (χ2n) is 6.99. The third-order valence-corrected chi connectivity index (χ3v) is 5.10. The Hall–Kier alpha value is -0.860. The Bertz CT molecular complexity index is 448. The molecule has 0 heterocycles. The largest absolute Gasteiger partial charge is 0.324 e. The fraction of sp³-hybridized carbons (Fsp3) is 0.647. The summed E-state index contributed by atoms with van der Waals surface area (Å²) in [6, 6.07) is 9.30. The van der Waals surface area contributed by atoms with Crippen LogP contribution in [0, 0.1) is 11.3 Å². The van der Waals surface area contributed by atoms with Crippen molar-refractivity contribution >= 4 is 0 Å². The Kier molecular flexibility index (Phi) is 3.40. The summed E-state index contributed by atoms with van der Waals surface area (Å²) in [6.45, 7) is 5.94. The number of nitrogens with one attached hydrogen (secondary N) is 1. The lowest BCUT2D eigenvalue weighted by molar-refractivity contribution is 0.273. The first-order valence-electron chi connectivity index (χ1n) is 7.66. The summed E-state index contributed by atoms with van der Waals surface area (Å²) >= 11 is 0. The van der Waals surface area contributed by atoms with Gasteiger partial charge in [-0.2, -0.15) is 0 Å². The SMILES string of the molecule is CC(C)(CCNC1CC(N)c2ccccc21)C1CC1. The predicted molar refractivity (Wildman–Crippen MR) is 79.9 cm³/mol. The van der Waals surface area contributed by atoms with Crippen LogP contribution in [0.25, 0.3) is 0 Å². The van der Waals surface area contributed by atoms with Crippen LogP contribution in [-0.2, 0) is 0 Å². The standard InChI is InChI=1S/C17H26N2/c1-17(2,12-7-8-12)9-10-19-16-11-15(18)13-5-3-4-6-14(13)16/h3-6,12,15-16,19H,7-11,18H2,1-2H3. The molecule has 2 aliphatic carbocycles. The Morgan fingerprint density at radius 3 is 2.58 bits per heavy atom. The van der Waals surface area contributed by atoms with Crippen LogP contribution in [0.3, 0.4) is 0 Å². The third kappa shape index (κ3) is 2.70. The molecule has 1 aromatic rings. The van der Waals surface area contributed by atoms with E-state index in [2.05, 4.69) is 43.4 Å². The van der Waals surface area contributed by atoms with E-state index in [0.717, 1.165) is 18.9 Å². The van der Waals surface area contributed by atoms with Gasteiger partial charge in [-0.25, -0.2) is 0 Å². The van der Waals surface area contributed by atoms with E-state index in [1.54, 1.807) is 0 Å². The summed E-state index contributed by atoms with van der Waals surface area (Å²) in [6.07, 6.45) is 5.18. The lowest BCUT2D eigenvalue weighted by Gasteiger charge is -2.25. The van der Waals surface area contributed by atoms with Gasteiger partial charge < -0.3 is 11.1 Å². The number of fused-ring (bicyclic) bond motifs is 1. The van der Waals surface area contributed by atoms with Crippen molar-refractivity contribution < 1.29 is 0 Å². The van der Waals surface area contributed by atoms with Gasteiger partial charge in [0.05, 0.1) is 0 Å². The highest BCUT2D eigenvalue weighted by Crippen LogP contribution is 2.47. The van der Waals surface area contributed by atoms with Crippen LogP contribution in [0.5, 0.6) is 0 Å². The molecule has 3 N–H and O–H groups in total. The van der Waals surface area contributed by atoms with Crippen molar-refractivity contribution in [2.75, 3.05) is 6.54 Å². The molecule has 0 amide bonds. The molecule has 2 heteroatoms. The highest BCUT2D eigenvalue weighted by molar-refractivity contribution is 5.37. The van der Waals surface area contributed by atoms with Crippen LogP contribution in [0.1, 0.15) is 62.7 Å². The predicted octanol–water partition coefficient (Wildman–Crippen LogP) is 3.55. The maximum Gasteiger partial charge on any atom is 0.0341 e. The van der Waals surface area contributed by atoms with Crippen LogP contribution < -0.4 is 11.1 Å². The highest BCUT2D eigenvalue weighted by Gasteiger charge is 2.37. The van der Waals surface area contributed by atoms with E-state index in [9.17, 15) is 0 Å². The van der Waals surface area contributed by atoms with E-state index in [1.807, 2.05) is 0 Å². The van der Waals surface area contributed by atoms with Crippen molar-refractivity contribution in [1.29, 1.82) is 0 Å². The van der Waals surface area contributed by atoms with Gasteiger partial charge in [0.15, 0.2) is 0 Å². The van der Waals surface area contributed by atoms with Gasteiger partial charge in [-0.05, 0) is 54.7 Å². The number of rotatable bonds is 5. The molecular formula is C17H26N2. The summed E-state index contributed by atoms with van der Waals surface area (Å²) < 4.78 is 0. The van der Waals surface area contributed by atoms with Crippen molar-refractivity contribution in [3.63, 3.8) is 0 Å². The van der Waals surface area contributed by atoms with Gasteiger partial charge in [-0.1, -0.05) is 38.1 Å². The minimum Gasteiger partial charge on any atom is -0.324 e. The summed E-state index contributed by atoms with van der Waals surface area (Å²) in [7, 11) is 0. The van der Waals surface area contributed by atoms with Crippen molar-refractivity contribution in [2.24, 2.45) is 17.1 Å². The summed E-state index contributed by atoms with van der Waals surface area (Å²) in [5.74, 6) is 0.965. The molecule has 2 aliphatic rings. The summed E-state index contributed by atoms with van der Waals surface area (Å²) in [5, 5.41) is 3.73. The minimum absolute atomic E-state index is 0.213. The molecule has 0 saturated heterocycles. The van der Waals surface area contributed by atoms with Crippen LogP contribution in [0.15, 0.2) is 24.3 Å². The van der Waals surface area contributed by atoms with Gasteiger partial charge in [0.1, 0.15) is 0 Å². The van der Waals surface area contributed by atoms with E-state index in [0.29, 0.717) is 11.5 Å². The number of hydrogen-bond donors (Lipinski definition) is 2. The van der Waals surface area contributed by atoms with E-state index < -0.39 is 0 Å². The molecule has 1 fully saturated rings. The molecule has 0 bridgehead atoms. The number of benzene rings is 1. The Labute approximate surface area is 116 Å². The zero-order valence-corrected chi connectivity index (χ0v) is 12.2. The average molecular weight is 258 g/mol. The average Bonchev–Trinajstić information content (AvgIpc) is 3.18. The van der Waals surface area contributed by atoms with Gasteiger partial charge in [-0.15, -0.1) is 0 Å².